The third-order valence-corrected chi connectivity index (χ3v) is 4.19. The fraction of sp³-hybridized carbons (Fsp3) is 0.467. The van der Waals surface area contributed by atoms with E-state index in [0.717, 1.165) is 29.9 Å². The molecule has 1 aromatic heterocycles. The van der Waals surface area contributed by atoms with Crippen molar-refractivity contribution in [3.63, 3.8) is 0 Å². The van der Waals surface area contributed by atoms with Crippen LogP contribution in [0, 0.1) is 0 Å². The fourth-order valence-electron chi connectivity index (χ4n) is 2.69. The maximum Gasteiger partial charge on any atom is 0.191 e. The summed E-state index contributed by atoms with van der Waals surface area (Å²) in [5.74, 6) is 1.38. The number of ether oxygens (including phenoxy) is 1. The summed E-state index contributed by atoms with van der Waals surface area (Å²) < 4.78 is 7.48. The van der Waals surface area contributed by atoms with Crippen LogP contribution < -0.4 is 5.73 Å². The van der Waals surface area contributed by atoms with Gasteiger partial charge in [0.1, 0.15) is 12.4 Å². The van der Waals surface area contributed by atoms with Gasteiger partial charge in [0.05, 0.1) is 28.8 Å². The van der Waals surface area contributed by atoms with Gasteiger partial charge in [-0.2, -0.15) is 0 Å². The predicted octanol–water partition coefficient (Wildman–Crippen LogP) is 2.38. The second-order valence-corrected chi connectivity index (χ2v) is 5.90. The van der Waals surface area contributed by atoms with E-state index in [1.165, 1.54) is 0 Å². The van der Waals surface area contributed by atoms with Crippen LogP contribution >= 0.6 is 35.6 Å². The van der Waals surface area contributed by atoms with E-state index in [0.29, 0.717) is 24.1 Å². The number of imidazole rings is 1. The minimum atomic E-state index is 0. The smallest absolute Gasteiger partial charge is 0.191 e. The van der Waals surface area contributed by atoms with Crippen LogP contribution in [-0.4, -0.2) is 46.2 Å². The Morgan fingerprint density at radius 1 is 1.52 bits per heavy atom. The van der Waals surface area contributed by atoms with Gasteiger partial charge in [-0.3, -0.25) is 0 Å². The van der Waals surface area contributed by atoms with Crippen LogP contribution in [0.4, 0.5) is 0 Å². The third kappa shape index (κ3) is 3.89. The van der Waals surface area contributed by atoms with Crippen molar-refractivity contribution in [2.24, 2.45) is 17.8 Å². The molecule has 1 fully saturated rings. The highest BCUT2D eigenvalue weighted by molar-refractivity contribution is 14.0. The molecule has 1 unspecified atom stereocenters. The molecule has 1 atom stereocenters. The molecule has 1 aliphatic rings. The van der Waals surface area contributed by atoms with Gasteiger partial charge >= 0.3 is 0 Å². The number of aromatic nitrogens is 2. The molecule has 8 heteroatoms. The van der Waals surface area contributed by atoms with Gasteiger partial charge in [-0.05, 0) is 19.1 Å². The molecule has 1 saturated heterocycles. The number of aliphatic imine (C=N–C) groups is 1. The van der Waals surface area contributed by atoms with E-state index >= 15 is 0 Å². The number of guanidine groups is 1. The summed E-state index contributed by atoms with van der Waals surface area (Å²) in [6.45, 7) is 4.68. The molecule has 1 aliphatic heterocycles. The van der Waals surface area contributed by atoms with E-state index in [-0.39, 0.29) is 30.1 Å². The number of fused-ring (bicyclic) bond motifs is 1. The summed E-state index contributed by atoms with van der Waals surface area (Å²) in [5, 5.41) is 0.692. The van der Waals surface area contributed by atoms with Gasteiger partial charge < -0.3 is 19.9 Å². The summed E-state index contributed by atoms with van der Waals surface area (Å²) >= 11 is 6.23. The molecule has 126 valence electrons. The molecule has 6 nitrogen and oxygen atoms in total. The number of aryl methyl sites for hydroxylation is 1. The second kappa shape index (κ2) is 7.67. The minimum Gasteiger partial charge on any atom is -0.375 e. The summed E-state index contributed by atoms with van der Waals surface area (Å²) in [4.78, 5) is 11.1. The Morgan fingerprint density at radius 2 is 2.30 bits per heavy atom. The second-order valence-electron chi connectivity index (χ2n) is 5.50. The molecule has 23 heavy (non-hydrogen) atoms. The zero-order chi connectivity index (χ0) is 15.7. The molecule has 1 aromatic carbocycles. The summed E-state index contributed by atoms with van der Waals surface area (Å²) in [5.41, 5.74) is 7.89. The van der Waals surface area contributed by atoms with Crippen molar-refractivity contribution in [3.8, 4) is 0 Å². The Hall–Kier alpha value is -1.06. The molecule has 0 amide bonds. The molecule has 2 heterocycles. The van der Waals surface area contributed by atoms with Crippen molar-refractivity contribution in [2.45, 2.75) is 19.6 Å². The van der Waals surface area contributed by atoms with E-state index in [1.807, 2.05) is 41.6 Å². The van der Waals surface area contributed by atoms with Crippen molar-refractivity contribution in [1.29, 1.82) is 0 Å². The first-order valence-corrected chi connectivity index (χ1v) is 7.70. The highest BCUT2D eigenvalue weighted by atomic mass is 127. The number of morpholine rings is 1. The van der Waals surface area contributed by atoms with Gasteiger partial charge in [0.25, 0.3) is 0 Å². The lowest BCUT2D eigenvalue weighted by Gasteiger charge is -2.31. The normalized spacial score (nSPS) is 19.0. The van der Waals surface area contributed by atoms with E-state index in [4.69, 9.17) is 22.1 Å². The van der Waals surface area contributed by atoms with Gasteiger partial charge in [-0.1, -0.05) is 17.7 Å². The third-order valence-electron chi connectivity index (χ3n) is 3.89. The molecule has 0 bridgehead atoms. The number of hydrogen-bond donors (Lipinski definition) is 1. The monoisotopic (exact) mass is 449 g/mol. The number of hydrogen-bond acceptors (Lipinski definition) is 3. The molecule has 3 rings (SSSR count). The molecule has 0 saturated carbocycles. The van der Waals surface area contributed by atoms with Crippen LogP contribution in [0.2, 0.25) is 5.02 Å². The highest BCUT2D eigenvalue weighted by Gasteiger charge is 2.18. The van der Waals surface area contributed by atoms with Crippen molar-refractivity contribution in [1.82, 2.24) is 14.5 Å². The van der Waals surface area contributed by atoms with Crippen molar-refractivity contribution >= 4 is 52.6 Å². The van der Waals surface area contributed by atoms with Gasteiger partial charge in [0, 0.05) is 20.1 Å². The zero-order valence-corrected chi connectivity index (χ0v) is 16.3. The van der Waals surface area contributed by atoms with Crippen LogP contribution in [0.15, 0.2) is 23.2 Å². The van der Waals surface area contributed by atoms with Gasteiger partial charge in [-0.25, -0.2) is 9.98 Å². The Balaban J connectivity index is 0.00000192. The van der Waals surface area contributed by atoms with E-state index in [2.05, 4.69) is 9.98 Å². The largest absolute Gasteiger partial charge is 0.375 e. The molecule has 0 spiro atoms. The molecule has 0 aliphatic carbocycles. The van der Waals surface area contributed by atoms with Gasteiger partial charge in [-0.15, -0.1) is 24.0 Å². The van der Waals surface area contributed by atoms with E-state index in [9.17, 15) is 0 Å². The van der Waals surface area contributed by atoms with Crippen molar-refractivity contribution in [2.75, 3.05) is 19.7 Å². The number of nitrogens with two attached hydrogens (primary N) is 1. The summed E-state index contributed by atoms with van der Waals surface area (Å²) in [7, 11) is 1.94. The van der Waals surface area contributed by atoms with Crippen LogP contribution in [0.1, 0.15) is 12.7 Å². The van der Waals surface area contributed by atoms with Crippen LogP contribution in [0.25, 0.3) is 11.0 Å². The lowest BCUT2D eigenvalue weighted by Crippen LogP contribution is -2.47. The molecule has 0 radical (unpaired) electrons. The van der Waals surface area contributed by atoms with E-state index < -0.39 is 0 Å². The van der Waals surface area contributed by atoms with Gasteiger partial charge in [0.15, 0.2) is 5.96 Å². The molecule has 2 aromatic rings. The first-order chi connectivity index (χ1) is 10.6. The maximum atomic E-state index is 6.23. The number of halogens is 2. The standard InChI is InChI=1S/C15H20ClN5O.HI/c1-10-9-21(6-7-22-10)15(17)18-8-13-19-12-5-3-4-11(16)14(12)20(13)2;/h3-5,10H,6-9H2,1-2H3,(H2,17,18);1H. The summed E-state index contributed by atoms with van der Waals surface area (Å²) in [6, 6.07) is 5.71. The molecular weight excluding hydrogens is 429 g/mol. The predicted molar refractivity (Wildman–Crippen MR) is 103 cm³/mol. The average Bonchev–Trinajstić information content (AvgIpc) is 2.82. The lowest BCUT2D eigenvalue weighted by molar-refractivity contribution is 0.00528. The number of nitrogens with zero attached hydrogens (tertiary/aromatic N) is 4. The number of benzene rings is 1. The quantitative estimate of drug-likeness (QED) is 0.434. The van der Waals surface area contributed by atoms with Crippen LogP contribution in [0.3, 0.4) is 0 Å². The molecule has 2 N–H and O–H groups in total. The maximum absolute atomic E-state index is 6.23. The van der Waals surface area contributed by atoms with Crippen molar-refractivity contribution < 1.29 is 4.74 Å². The first-order valence-electron chi connectivity index (χ1n) is 7.32. The Kier molecular flexibility index (Phi) is 6.10. The Morgan fingerprint density at radius 3 is 3.00 bits per heavy atom. The number of rotatable bonds is 2. The Bertz CT molecular complexity index is 717. The SMILES string of the molecule is CC1CN(C(N)=NCc2nc3cccc(Cl)c3n2C)CCO1.I. The zero-order valence-electron chi connectivity index (χ0n) is 13.2. The van der Waals surface area contributed by atoms with Crippen LogP contribution in [-0.2, 0) is 18.3 Å². The summed E-state index contributed by atoms with van der Waals surface area (Å²) in [6.07, 6.45) is 0.178. The van der Waals surface area contributed by atoms with Gasteiger partial charge in [0.2, 0.25) is 0 Å². The first kappa shape index (κ1) is 18.3. The highest BCUT2D eigenvalue weighted by Crippen LogP contribution is 2.23. The fourth-order valence-corrected chi connectivity index (χ4v) is 2.99. The lowest BCUT2D eigenvalue weighted by atomic mass is 10.3. The minimum absolute atomic E-state index is 0. The topological polar surface area (TPSA) is 68.7 Å². The molecular formula is C15H21ClIN5O. The van der Waals surface area contributed by atoms with Crippen LogP contribution in [0.5, 0.6) is 0 Å². The van der Waals surface area contributed by atoms with E-state index in [1.54, 1.807) is 0 Å². The average molecular weight is 450 g/mol. The Labute approximate surface area is 157 Å². The number of para-hydroxylation sites is 1. The van der Waals surface area contributed by atoms with Crippen molar-refractivity contribution in [3.05, 3.63) is 29.0 Å².